The number of alkyl halides is 4. The number of piperidine rings is 2. The minimum atomic E-state index is -5.08. The maximum atomic E-state index is 16.2. The van der Waals surface area contributed by atoms with Gasteiger partial charge in [0.1, 0.15) is 41.6 Å². The number of likely N-dealkylation sites (tertiary alicyclic amines) is 2. The van der Waals surface area contributed by atoms with E-state index in [9.17, 15) is 32.3 Å². The topological polar surface area (TPSA) is 209 Å². The molecule has 3 unspecified atom stereocenters. The Bertz CT molecular complexity index is 2650. The molecule has 0 saturated carbocycles. The summed E-state index contributed by atoms with van der Waals surface area (Å²) in [4.78, 5) is 75.9. The zero-order valence-electron chi connectivity index (χ0n) is 33.8. The van der Waals surface area contributed by atoms with Crippen LogP contribution in [-0.2, 0) is 14.4 Å². The SMILES string of the molecule is Nc1ncnc2c1c(-c1ccc(Oc3ccccc3)cc1)nn2C1CCN(C2CN(C3CN(c4ccc5c(c4)C(=O)N(C4CCC(=O)NC4=O)C5=O)C3)C2)CC1F.O=C(O)C(F)(F)F. The van der Waals surface area contributed by atoms with Crippen molar-refractivity contribution < 1.29 is 51.4 Å². The molecule has 5 aliphatic heterocycles. The fraction of sp³-hybridized carbons (Fsp3) is 0.349. The van der Waals surface area contributed by atoms with E-state index in [1.54, 1.807) is 16.8 Å². The average Bonchev–Trinajstić information content (AvgIpc) is 3.73. The van der Waals surface area contributed by atoms with Crippen LogP contribution in [-0.4, -0.2) is 139 Å². The first kappa shape index (κ1) is 42.3. The van der Waals surface area contributed by atoms with Gasteiger partial charge in [0.25, 0.3) is 11.8 Å². The second kappa shape index (κ2) is 16.6. The van der Waals surface area contributed by atoms with Crippen molar-refractivity contribution in [1.29, 1.82) is 0 Å². The van der Waals surface area contributed by atoms with E-state index in [4.69, 9.17) is 25.5 Å². The Hall–Kier alpha value is -7.00. The monoisotopic (exact) mass is 884 g/mol. The molecule has 4 N–H and O–H groups in total. The van der Waals surface area contributed by atoms with Crippen molar-refractivity contribution in [3.63, 3.8) is 0 Å². The van der Waals surface area contributed by atoms with Gasteiger partial charge in [0.2, 0.25) is 11.8 Å². The number of nitrogen functional groups attached to an aromatic ring is 1. The van der Waals surface area contributed by atoms with E-state index < -0.39 is 54.0 Å². The Labute approximate surface area is 361 Å². The summed E-state index contributed by atoms with van der Waals surface area (Å²) in [7, 11) is 0. The molecule has 21 heteroatoms. The van der Waals surface area contributed by atoms with Crippen LogP contribution in [0, 0.1) is 0 Å². The third-order valence-corrected chi connectivity index (χ3v) is 12.3. The van der Waals surface area contributed by atoms with E-state index in [2.05, 4.69) is 30.0 Å². The number of hydrogen-bond donors (Lipinski definition) is 3. The second-order valence-electron chi connectivity index (χ2n) is 16.2. The number of imide groups is 2. The maximum Gasteiger partial charge on any atom is 0.490 e. The highest BCUT2D eigenvalue weighted by atomic mass is 19.4. The van der Waals surface area contributed by atoms with Crippen molar-refractivity contribution in [2.24, 2.45) is 0 Å². The van der Waals surface area contributed by atoms with Crippen LogP contribution in [0.3, 0.4) is 0 Å². The Morgan fingerprint density at radius 3 is 2.17 bits per heavy atom. The van der Waals surface area contributed by atoms with Crippen molar-refractivity contribution in [2.45, 2.75) is 55.8 Å². The number of ether oxygens (including phenoxy) is 1. The van der Waals surface area contributed by atoms with Crippen molar-refractivity contribution in [3.8, 4) is 22.8 Å². The number of anilines is 2. The molecule has 0 spiro atoms. The van der Waals surface area contributed by atoms with Gasteiger partial charge in [0.05, 0.1) is 22.6 Å². The molecule has 0 radical (unpaired) electrons. The number of amides is 4. The number of carbonyl (C=O) groups is 5. The van der Waals surface area contributed by atoms with Gasteiger partial charge in [-0.15, -0.1) is 0 Å². The Balaban J connectivity index is 0.000000686. The molecule has 4 amide bonds. The van der Waals surface area contributed by atoms with Gasteiger partial charge in [-0.25, -0.2) is 23.8 Å². The molecule has 64 heavy (non-hydrogen) atoms. The number of carboxylic acids is 1. The lowest BCUT2D eigenvalue weighted by atomic mass is 9.94. The van der Waals surface area contributed by atoms with Gasteiger partial charge in [0, 0.05) is 69.0 Å². The maximum absolute atomic E-state index is 16.2. The van der Waals surface area contributed by atoms with Gasteiger partial charge >= 0.3 is 12.1 Å². The number of aromatic nitrogens is 4. The second-order valence-corrected chi connectivity index (χ2v) is 16.2. The summed E-state index contributed by atoms with van der Waals surface area (Å²) in [5, 5.41) is 14.9. The molecular formula is C43H40F4N10O7. The van der Waals surface area contributed by atoms with E-state index in [1.165, 1.54) is 6.33 Å². The lowest BCUT2D eigenvalue weighted by molar-refractivity contribution is -0.192. The summed E-state index contributed by atoms with van der Waals surface area (Å²) in [5.74, 6) is -3.11. The predicted octanol–water partition coefficient (Wildman–Crippen LogP) is 4.06. The lowest BCUT2D eigenvalue weighted by Gasteiger charge is -2.55. The molecule has 3 aromatic carbocycles. The number of fused-ring (bicyclic) bond motifs is 2. The molecule has 4 fully saturated rings. The molecule has 332 valence electrons. The first-order valence-corrected chi connectivity index (χ1v) is 20.5. The van der Waals surface area contributed by atoms with Crippen molar-refractivity contribution in [2.75, 3.05) is 49.9 Å². The van der Waals surface area contributed by atoms with Gasteiger partial charge in [-0.1, -0.05) is 18.2 Å². The predicted molar refractivity (Wildman–Crippen MR) is 220 cm³/mol. The van der Waals surface area contributed by atoms with Crippen LogP contribution in [0.15, 0.2) is 79.1 Å². The highest BCUT2D eigenvalue weighted by Crippen LogP contribution is 2.38. The van der Waals surface area contributed by atoms with Gasteiger partial charge in [-0.2, -0.15) is 18.3 Å². The zero-order chi connectivity index (χ0) is 45.0. The fourth-order valence-corrected chi connectivity index (χ4v) is 8.83. The first-order valence-electron chi connectivity index (χ1n) is 20.5. The average molecular weight is 885 g/mol. The highest BCUT2D eigenvalue weighted by Gasteiger charge is 2.47. The summed E-state index contributed by atoms with van der Waals surface area (Å²) in [6.45, 7) is 4.23. The molecule has 0 aliphatic carbocycles. The molecule has 2 aromatic heterocycles. The number of para-hydroxylation sites is 1. The molecule has 5 aliphatic rings. The number of carbonyl (C=O) groups excluding carboxylic acids is 4. The number of aliphatic carboxylic acids is 1. The van der Waals surface area contributed by atoms with Crippen LogP contribution in [0.5, 0.6) is 11.5 Å². The number of hydrogen-bond acceptors (Lipinski definition) is 13. The van der Waals surface area contributed by atoms with E-state index in [-0.39, 0.29) is 30.0 Å². The number of benzene rings is 3. The standard InChI is InChI=1S/C41H39FN10O5.C2HF3O2/c42-31-21-48(15-14-32(31)52-38-35(37(43)44-22-45-38)36(47-52)23-6-9-28(10-7-23)57-27-4-2-1-3-5-27)25-17-50(18-25)26-19-49(20-26)24-8-11-29-30(16-24)41(56)51(40(29)55)33-12-13-34(53)46-39(33)54;3-2(4,5)1(6)7/h1-11,16,22,25-26,31-33H,12-15,17-21H2,(H2,43,44,45)(H,46,53,54);(H,6,7). The molecular weight excluding hydrogens is 845 g/mol. The summed E-state index contributed by atoms with van der Waals surface area (Å²) in [6.07, 6.45) is -4.09. The minimum Gasteiger partial charge on any atom is -0.475 e. The normalized spacial score (nSPS) is 22.1. The molecule has 5 aromatic rings. The number of rotatable bonds is 8. The molecule has 7 heterocycles. The Morgan fingerprint density at radius 2 is 1.50 bits per heavy atom. The van der Waals surface area contributed by atoms with Gasteiger partial charge in [-0.05, 0) is 67.4 Å². The van der Waals surface area contributed by atoms with Crippen LogP contribution < -0.4 is 20.7 Å². The Kier molecular flexibility index (Phi) is 11.0. The lowest BCUT2D eigenvalue weighted by Crippen LogP contribution is -2.70. The molecule has 0 bridgehead atoms. The van der Waals surface area contributed by atoms with E-state index in [1.807, 2.05) is 60.7 Å². The number of nitrogens with two attached hydrogens (primary N) is 1. The molecule has 17 nitrogen and oxygen atoms in total. The smallest absolute Gasteiger partial charge is 0.475 e. The first-order chi connectivity index (χ1) is 30.6. The van der Waals surface area contributed by atoms with E-state index in [0.717, 1.165) is 54.6 Å². The quantitative estimate of drug-likeness (QED) is 0.148. The molecule has 4 saturated heterocycles. The van der Waals surface area contributed by atoms with Crippen molar-refractivity contribution >= 4 is 52.1 Å². The van der Waals surface area contributed by atoms with Gasteiger partial charge in [-0.3, -0.25) is 39.2 Å². The van der Waals surface area contributed by atoms with Crippen LogP contribution >= 0.6 is 0 Å². The molecule has 10 rings (SSSR count). The number of nitrogens with one attached hydrogen (secondary N) is 1. The summed E-state index contributed by atoms with van der Waals surface area (Å²) < 4.78 is 55.6. The molecule has 3 atom stereocenters. The zero-order valence-corrected chi connectivity index (χ0v) is 33.8. The third kappa shape index (κ3) is 7.95. The Morgan fingerprint density at radius 1 is 0.828 bits per heavy atom. The van der Waals surface area contributed by atoms with E-state index in [0.29, 0.717) is 47.3 Å². The van der Waals surface area contributed by atoms with Crippen molar-refractivity contribution in [1.82, 2.24) is 39.8 Å². The number of nitrogens with zero attached hydrogens (tertiary/aromatic N) is 8. The van der Waals surface area contributed by atoms with E-state index >= 15 is 4.39 Å². The van der Waals surface area contributed by atoms with Crippen LogP contribution in [0.4, 0.5) is 29.1 Å². The van der Waals surface area contributed by atoms with Crippen LogP contribution in [0.2, 0.25) is 0 Å². The largest absolute Gasteiger partial charge is 0.490 e. The van der Waals surface area contributed by atoms with Crippen LogP contribution in [0.1, 0.15) is 46.0 Å². The number of halogens is 4. The number of carboxylic acid groups (broad SMARTS) is 1. The van der Waals surface area contributed by atoms with Gasteiger partial charge < -0.3 is 20.5 Å². The minimum absolute atomic E-state index is 0.0763. The highest BCUT2D eigenvalue weighted by molar-refractivity contribution is 6.23. The summed E-state index contributed by atoms with van der Waals surface area (Å²) >= 11 is 0. The summed E-state index contributed by atoms with van der Waals surface area (Å²) in [5.41, 5.74) is 9.66. The third-order valence-electron chi connectivity index (χ3n) is 12.3. The van der Waals surface area contributed by atoms with Crippen molar-refractivity contribution in [3.05, 3.63) is 90.3 Å². The van der Waals surface area contributed by atoms with Crippen LogP contribution in [0.25, 0.3) is 22.3 Å². The van der Waals surface area contributed by atoms with Gasteiger partial charge in [0.15, 0.2) is 5.65 Å². The fourth-order valence-electron chi connectivity index (χ4n) is 8.83. The summed E-state index contributed by atoms with van der Waals surface area (Å²) in [6, 6.07) is 21.4.